The Hall–Kier alpha value is -1.20. The summed E-state index contributed by atoms with van der Waals surface area (Å²) in [7, 11) is 0. The zero-order valence-electron chi connectivity index (χ0n) is 9.33. The summed E-state index contributed by atoms with van der Waals surface area (Å²) >= 11 is 5.97. The minimum Gasteiger partial charge on any atom is -0.383 e. The molecule has 0 heterocycles. The number of nitrogens with one attached hydrogen (secondary N) is 1. The van der Waals surface area contributed by atoms with E-state index in [-0.39, 0.29) is 0 Å². The molecule has 0 aliphatic heterocycles. The topological polar surface area (TPSA) is 35.8 Å². The van der Waals surface area contributed by atoms with Crippen molar-refractivity contribution >= 4 is 17.3 Å². The Morgan fingerprint density at radius 3 is 2.88 bits per heavy atom. The summed E-state index contributed by atoms with van der Waals surface area (Å²) in [6, 6.07) is 8.02. The van der Waals surface area contributed by atoms with Crippen molar-refractivity contribution in [2.45, 2.75) is 32.2 Å². The molecule has 0 amide bonds. The largest absolute Gasteiger partial charge is 0.383 e. The Labute approximate surface area is 101 Å². The third kappa shape index (κ3) is 2.90. The maximum Gasteiger partial charge on any atom is 0.101 e. The van der Waals surface area contributed by atoms with Crippen molar-refractivity contribution in [3.63, 3.8) is 0 Å². The molecule has 2 nitrogen and oxygen atoms in total. The Balaban J connectivity index is 1.98. The van der Waals surface area contributed by atoms with E-state index in [0.717, 1.165) is 11.6 Å². The van der Waals surface area contributed by atoms with Gasteiger partial charge in [0.15, 0.2) is 0 Å². The number of benzene rings is 1. The molecule has 84 valence electrons. The Morgan fingerprint density at radius 2 is 2.31 bits per heavy atom. The number of hydrogen-bond acceptors (Lipinski definition) is 2. The number of halogens is 1. The van der Waals surface area contributed by atoms with Crippen LogP contribution in [0, 0.1) is 17.2 Å². The SMILES string of the molecule is CC(CC1CC1)Nc1ccc(C#N)c(Cl)c1. The summed E-state index contributed by atoms with van der Waals surface area (Å²) in [5.41, 5.74) is 1.53. The van der Waals surface area contributed by atoms with Crippen LogP contribution in [0.4, 0.5) is 5.69 Å². The van der Waals surface area contributed by atoms with Gasteiger partial charge in [-0.2, -0.15) is 5.26 Å². The van der Waals surface area contributed by atoms with Gasteiger partial charge >= 0.3 is 0 Å². The number of hydrogen-bond donors (Lipinski definition) is 1. The van der Waals surface area contributed by atoms with Gasteiger partial charge in [0, 0.05) is 11.7 Å². The van der Waals surface area contributed by atoms with Crippen LogP contribution in [0.3, 0.4) is 0 Å². The molecule has 1 saturated carbocycles. The van der Waals surface area contributed by atoms with Crippen molar-refractivity contribution in [2.24, 2.45) is 5.92 Å². The fourth-order valence-corrected chi connectivity index (χ4v) is 2.12. The van der Waals surface area contributed by atoms with Gasteiger partial charge in [-0.1, -0.05) is 24.4 Å². The molecule has 1 aromatic rings. The van der Waals surface area contributed by atoms with Crippen LogP contribution in [0.25, 0.3) is 0 Å². The van der Waals surface area contributed by atoms with Crippen molar-refractivity contribution in [1.29, 1.82) is 5.26 Å². The van der Waals surface area contributed by atoms with E-state index in [1.54, 1.807) is 6.07 Å². The molecule has 1 aromatic carbocycles. The van der Waals surface area contributed by atoms with E-state index in [0.29, 0.717) is 16.6 Å². The molecular weight excluding hydrogens is 220 g/mol. The average molecular weight is 235 g/mol. The normalized spacial score (nSPS) is 16.6. The smallest absolute Gasteiger partial charge is 0.101 e. The first-order valence-corrected chi connectivity index (χ1v) is 6.03. The van der Waals surface area contributed by atoms with Gasteiger partial charge in [0.05, 0.1) is 10.6 Å². The number of nitrogens with zero attached hydrogens (tertiary/aromatic N) is 1. The fourth-order valence-electron chi connectivity index (χ4n) is 1.89. The number of nitriles is 1. The molecule has 0 bridgehead atoms. The minimum atomic E-state index is 0.469. The van der Waals surface area contributed by atoms with Gasteiger partial charge in [0.25, 0.3) is 0 Å². The number of anilines is 1. The van der Waals surface area contributed by atoms with Gasteiger partial charge in [0.1, 0.15) is 6.07 Å². The van der Waals surface area contributed by atoms with Crippen molar-refractivity contribution in [2.75, 3.05) is 5.32 Å². The lowest BCUT2D eigenvalue weighted by Gasteiger charge is -2.15. The van der Waals surface area contributed by atoms with Crippen LogP contribution in [0.2, 0.25) is 5.02 Å². The molecule has 3 heteroatoms. The molecule has 1 aliphatic carbocycles. The van der Waals surface area contributed by atoms with Crippen molar-refractivity contribution in [1.82, 2.24) is 0 Å². The standard InChI is InChI=1S/C13H15ClN2/c1-9(6-10-2-3-10)16-12-5-4-11(8-15)13(14)7-12/h4-5,7,9-10,16H,2-3,6H2,1H3. The third-order valence-electron chi connectivity index (χ3n) is 2.89. The quantitative estimate of drug-likeness (QED) is 0.860. The highest BCUT2D eigenvalue weighted by molar-refractivity contribution is 6.32. The Kier molecular flexibility index (Phi) is 3.36. The molecule has 0 aromatic heterocycles. The zero-order chi connectivity index (χ0) is 11.5. The minimum absolute atomic E-state index is 0.469. The maximum atomic E-state index is 8.76. The van der Waals surface area contributed by atoms with Crippen molar-refractivity contribution in [3.05, 3.63) is 28.8 Å². The first-order chi connectivity index (χ1) is 7.69. The van der Waals surface area contributed by atoms with E-state index >= 15 is 0 Å². The molecule has 2 rings (SSSR count). The second-order valence-corrected chi connectivity index (χ2v) is 4.94. The molecule has 0 saturated heterocycles. The molecular formula is C13H15ClN2. The first kappa shape index (κ1) is 11.3. The Morgan fingerprint density at radius 1 is 1.56 bits per heavy atom. The van der Waals surface area contributed by atoms with Gasteiger partial charge in [-0.3, -0.25) is 0 Å². The van der Waals surface area contributed by atoms with Gasteiger partial charge in [-0.05, 0) is 37.5 Å². The van der Waals surface area contributed by atoms with Crippen LogP contribution in [0.1, 0.15) is 31.7 Å². The maximum absolute atomic E-state index is 8.76. The molecule has 1 unspecified atom stereocenters. The van der Waals surface area contributed by atoms with Crippen LogP contribution in [0.15, 0.2) is 18.2 Å². The van der Waals surface area contributed by atoms with E-state index in [2.05, 4.69) is 18.3 Å². The second kappa shape index (κ2) is 4.76. The predicted octanol–water partition coefficient (Wildman–Crippen LogP) is 3.81. The van der Waals surface area contributed by atoms with Gasteiger partial charge in [0.2, 0.25) is 0 Å². The molecule has 1 atom stereocenters. The molecule has 1 fully saturated rings. The highest BCUT2D eigenvalue weighted by Crippen LogP contribution is 2.34. The van der Waals surface area contributed by atoms with Gasteiger partial charge in [-0.15, -0.1) is 0 Å². The first-order valence-electron chi connectivity index (χ1n) is 5.65. The van der Waals surface area contributed by atoms with Crippen LogP contribution in [-0.2, 0) is 0 Å². The summed E-state index contributed by atoms with van der Waals surface area (Å²) in [4.78, 5) is 0. The van der Waals surface area contributed by atoms with E-state index < -0.39 is 0 Å². The van der Waals surface area contributed by atoms with Gasteiger partial charge < -0.3 is 5.32 Å². The van der Waals surface area contributed by atoms with E-state index in [4.69, 9.17) is 16.9 Å². The van der Waals surface area contributed by atoms with Crippen LogP contribution in [-0.4, -0.2) is 6.04 Å². The lowest BCUT2D eigenvalue weighted by molar-refractivity contribution is 0.642. The molecule has 0 spiro atoms. The summed E-state index contributed by atoms with van der Waals surface area (Å²) in [5, 5.41) is 12.7. The monoisotopic (exact) mass is 234 g/mol. The van der Waals surface area contributed by atoms with Crippen molar-refractivity contribution in [3.8, 4) is 6.07 Å². The van der Waals surface area contributed by atoms with Crippen LogP contribution >= 0.6 is 11.6 Å². The van der Waals surface area contributed by atoms with E-state index in [1.807, 2.05) is 12.1 Å². The van der Waals surface area contributed by atoms with Gasteiger partial charge in [-0.25, -0.2) is 0 Å². The summed E-state index contributed by atoms with van der Waals surface area (Å²) < 4.78 is 0. The van der Waals surface area contributed by atoms with E-state index in [9.17, 15) is 0 Å². The zero-order valence-corrected chi connectivity index (χ0v) is 10.1. The highest BCUT2D eigenvalue weighted by atomic mass is 35.5. The average Bonchev–Trinajstić information content (AvgIpc) is 3.01. The Bertz CT molecular complexity index is 418. The molecule has 16 heavy (non-hydrogen) atoms. The summed E-state index contributed by atoms with van der Waals surface area (Å²) in [5.74, 6) is 0.913. The molecule has 0 radical (unpaired) electrons. The van der Waals surface area contributed by atoms with Crippen LogP contribution < -0.4 is 5.32 Å². The van der Waals surface area contributed by atoms with Crippen LogP contribution in [0.5, 0.6) is 0 Å². The summed E-state index contributed by atoms with van der Waals surface area (Å²) in [6.07, 6.45) is 3.97. The second-order valence-electron chi connectivity index (χ2n) is 4.53. The molecule has 1 aliphatic rings. The van der Waals surface area contributed by atoms with Crippen molar-refractivity contribution < 1.29 is 0 Å². The third-order valence-corrected chi connectivity index (χ3v) is 3.20. The molecule has 1 N–H and O–H groups in total. The number of rotatable bonds is 4. The summed E-state index contributed by atoms with van der Waals surface area (Å²) in [6.45, 7) is 2.18. The highest BCUT2D eigenvalue weighted by Gasteiger charge is 2.23. The fraction of sp³-hybridized carbons (Fsp3) is 0.462. The lowest BCUT2D eigenvalue weighted by Crippen LogP contribution is -2.15. The van der Waals surface area contributed by atoms with E-state index in [1.165, 1.54) is 19.3 Å². The predicted molar refractivity (Wildman–Crippen MR) is 66.6 cm³/mol. The lowest BCUT2D eigenvalue weighted by atomic mass is 10.1.